The fourth-order valence-corrected chi connectivity index (χ4v) is 2.69. The van der Waals surface area contributed by atoms with Crippen molar-refractivity contribution in [3.05, 3.63) is 34.9 Å². The first-order valence-electron chi connectivity index (χ1n) is 7.76. The van der Waals surface area contributed by atoms with Crippen molar-refractivity contribution in [2.75, 3.05) is 0 Å². The van der Waals surface area contributed by atoms with Crippen LogP contribution in [0.2, 0.25) is 0 Å². The Kier molecular flexibility index (Phi) is 3.95. The van der Waals surface area contributed by atoms with Gasteiger partial charge in [-0.3, -0.25) is 4.79 Å². The van der Waals surface area contributed by atoms with E-state index in [1.165, 1.54) is 24.0 Å². The van der Waals surface area contributed by atoms with Crippen LogP contribution in [0.15, 0.2) is 18.2 Å². The van der Waals surface area contributed by atoms with Crippen LogP contribution in [0.5, 0.6) is 0 Å². The smallest absolute Gasteiger partial charge is 0.338 e. The standard InChI is InChI=1S/C17H21NO3/c1-11(16(19)18-15-8-9-15)21-17(20)14-7-6-12-4-2-3-5-13(12)10-14/h6-7,10-11,15H,2-5,8-9H2,1H3,(H,18,19)/t11-/m0/s1. The predicted molar refractivity (Wildman–Crippen MR) is 79.1 cm³/mol. The van der Waals surface area contributed by atoms with Crippen molar-refractivity contribution in [2.45, 2.75) is 57.6 Å². The van der Waals surface area contributed by atoms with Crippen LogP contribution in [0, 0.1) is 0 Å². The molecule has 0 saturated heterocycles. The number of aryl methyl sites for hydroxylation is 2. The molecule has 4 nitrogen and oxygen atoms in total. The molecule has 1 fully saturated rings. The summed E-state index contributed by atoms with van der Waals surface area (Å²) in [6, 6.07) is 6.02. The number of carbonyl (C=O) groups excluding carboxylic acids is 2. The zero-order valence-corrected chi connectivity index (χ0v) is 12.4. The Morgan fingerprint density at radius 2 is 1.90 bits per heavy atom. The maximum Gasteiger partial charge on any atom is 0.338 e. The van der Waals surface area contributed by atoms with Crippen LogP contribution in [-0.4, -0.2) is 24.0 Å². The van der Waals surface area contributed by atoms with E-state index in [2.05, 4.69) is 5.32 Å². The van der Waals surface area contributed by atoms with Crippen LogP contribution in [0.25, 0.3) is 0 Å². The minimum Gasteiger partial charge on any atom is -0.449 e. The molecule has 4 heteroatoms. The predicted octanol–water partition coefficient (Wildman–Crippen LogP) is 2.39. The van der Waals surface area contributed by atoms with E-state index in [0.717, 1.165) is 25.7 Å². The van der Waals surface area contributed by atoms with Gasteiger partial charge in [0.1, 0.15) is 0 Å². The summed E-state index contributed by atoms with van der Waals surface area (Å²) in [7, 11) is 0. The molecular weight excluding hydrogens is 266 g/mol. The maximum atomic E-state index is 12.1. The summed E-state index contributed by atoms with van der Waals surface area (Å²) in [6.45, 7) is 1.62. The molecule has 0 spiro atoms. The lowest BCUT2D eigenvalue weighted by Gasteiger charge is -2.17. The molecule has 1 N–H and O–H groups in total. The Labute approximate surface area is 124 Å². The van der Waals surface area contributed by atoms with Gasteiger partial charge in [0.05, 0.1) is 5.56 Å². The number of fused-ring (bicyclic) bond motifs is 1. The third-order valence-electron chi connectivity index (χ3n) is 4.16. The second-order valence-corrected chi connectivity index (χ2v) is 6.02. The van der Waals surface area contributed by atoms with Crippen molar-refractivity contribution in [3.63, 3.8) is 0 Å². The number of carbonyl (C=O) groups is 2. The van der Waals surface area contributed by atoms with E-state index >= 15 is 0 Å². The molecule has 1 atom stereocenters. The normalized spacial score (nSPS) is 18.5. The quantitative estimate of drug-likeness (QED) is 0.865. The minimum absolute atomic E-state index is 0.205. The van der Waals surface area contributed by atoms with E-state index in [-0.39, 0.29) is 11.9 Å². The summed E-state index contributed by atoms with van der Waals surface area (Å²) in [5, 5.41) is 2.84. The SMILES string of the molecule is C[C@H](OC(=O)c1ccc2c(c1)CCCC2)C(=O)NC1CC1. The van der Waals surface area contributed by atoms with Gasteiger partial charge in [-0.05, 0) is 68.7 Å². The molecule has 1 saturated carbocycles. The molecule has 0 aliphatic heterocycles. The van der Waals surface area contributed by atoms with Gasteiger partial charge in [0, 0.05) is 6.04 Å². The molecule has 1 aromatic rings. The second kappa shape index (κ2) is 5.88. The van der Waals surface area contributed by atoms with Crippen LogP contribution in [0.4, 0.5) is 0 Å². The van der Waals surface area contributed by atoms with E-state index in [0.29, 0.717) is 5.56 Å². The first kappa shape index (κ1) is 14.1. The molecule has 0 unspecified atom stereocenters. The minimum atomic E-state index is -0.742. The topological polar surface area (TPSA) is 55.4 Å². The summed E-state index contributed by atoms with van der Waals surface area (Å²) in [6.07, 6.45) is 5.81. The van der Waals surface area contributed by atoms with E-state index < -0.39 is 12.1 Å². The molecule has 0 radical (unpaired) electrons. The number of ether oxygens (including phenoxy) is 1. The van der Waals surface area contributed by atoms with Crippen LogP contribution < -0.4 is 5.32 Å². The molecular formula is C17H21NO3. The average Bonchev–Trinajstić information content (AvgIpc) is 3.30. The molecule has 1 amide bonds. The highest BCUT2D eigenvalue weighted by atomic mass is 16.5. The molecule has 2 aliphatic carbocycles. The number of benzene rings is 1. The van der Waals surface area contributed by atoms with Gasteiger partial charge in [-0.2, -0.15) is 0 Å². The van der Waals surface area contributed by atoms with Crippen molar-refractivity contribution in [1.82, 2.24) is 5.32 Å². The fourth-order valence-electron chi connectivity index (χ4n) is 2.69. The molecule has 0 heterocycles. The van der Waals surface area contributed by atoms with Crippen LogP contribution in [0.3, 0.4) is 0 Å². The zero-order chi connectivity index (χ0) is 14.8. The Morgan fingerprint density at radius 1 is 1.19 bits per heavy atom. The summed E-state index contributed by atoms with van der Waals surface area (Å²) in [5.41, 5.74) is 3.12. The van der Waals surface area contributed by atoms with Gasteiger partial charge < -0.3 is 10.1 Å². The number of hydrogen-bond donors (Lipinski definition) is 1. The lowest BCUT2D eigenvalue weighted by atomic mass is 9.90. The Hall–Kier alpha value is -1.84. The lowest BCUT2D eigenvalue weighted by Crippen LogP contribution is -2.37. The first-order valence-corrected chi connectivity index (χ1v) is 7.76. The summed E-state index contributed by atoms with van der Waals surface area (Å²) < 4.78 is 5.27. The third kappa shape index (κ3) is 3.43. The monoisotopic (exact) mass is 287 g/mol. The molecule has 21 heavy (non-hydrogen) atoms. The zero-order valence-electron chi connectivity index (χ0n) is 12.4. The van der Waals surface area contributed by atoms with E-state index in [1.807, 2.05) is 12.1 Å². The highest BCUT2D eigenvalue weighted by molar-refractivity contribution is 5.92. The lowest BCUT2D eigenvalue weighted by molar-refractivity contribution is -0.129. The summed E-state index contributed by atoms with van der Waals surface area (Å²) in [4.78, 5) is 23.9. The van der Waals surface area contributed by atoms with Crippen LogP contribution in [-0.2, 0) is 22.4 Å². The Morgan fingerprint density at radius 3 is 2.62 bits per heavy atom. The molecule has 3 rings (SSSR count). The number of esters is 1. The van der Waals surface area contributed by atoms with E-state index in [4.69, 9.17) is 4.74 Å². The Balaban J connectivity index is 1.62. The van der Waals surface area contributed by atoms with Crippen LogP contribution >= 0.6 is 0 Å². The van der Waals surface area contributed by atoms with E-state index in [9.17, 15) is 9.59 Å². The van der Waals surface area contributed by atoms with Gasteiger partial charge in [0.25, 0.3) is 5.91 Å². The van der Waals surface area contributed by atoms with Gasteiger partial charge in [0.2, 0.25) is 0 Å². The number of rotatable bonds is 4. The van der Waals surface area contributed by atoms with Gasteiger partial charge >= 0.3 is 5.97 Å². The Bertz CT molecular complexity index is 563. The van der Waals surface area contributed by atoms with Crippen molar-refractivity contribution in [1.29, 1.82) is 0 Å². The van der Waals surface area contributed by atoms with Gasteiger partial charge in [-0.25, -0.2) is 4.79 Å². The van der Waals surface area contributed by atoms with Gasteiger partial charge in [0.15, 0.2) is 6.10 Å². The maximum absolute atomic E-state index is 12.1. The summed E-state index contributed by atoms with van der Waals surface area (Å²) in [5.74, 6) is -0.620. The third-order valence-corrected chi connectivity index (χ3v) is 4.16. The molecule has 0 aromatic heterocycles. The highest BCUT2D eigenvalue weighted by Crippen LogP contribution is 2.23. The number of hydrogen-bond acceptors (Lipinski definition) is 3. The van der Waals surface area contributed by atoms with Crippen molar-refractivity contribution < 1.29 is 14.3 Å². The summed E-state index contributed by atoms with van der Waals surface area (Å²) >= 11 is 0. The van der Waals surface area contributed by atoms with Crippen molar-refractivity contribution >= 4 is 11.9 Å². The second-order valence-electron chi connectivity index (χ2n) is 6.02. The van der Waals surface area contributed by atoms with E-state index in [1.54, 1.807) is 13.0 Å². The van der Waals surface area contributed by atoms with Gasteiger partial charge in [-0.15, -0.1) is 0 Å². The van der Waals surface area contributed by atoms with Crippen molar-refractivity contribution in [2.24, 2.45) is 0 Å². The number of amides is 1. The molecule has 112 valence electrons. The molecule has 1 aromatic carbocycles. The largest absolute Gasteiger partial charge is 0.449 e. The van der Waals surface area contributed by atoms with Gasteiger partial charge in [-0.1, -0.05) is 6.07 Å². The van der Waals surface area contributed by atoms with Crippen LogP contribution in [0.1, 0.15) is 54.1 Å². The first-order chi connectivity index (χ1) is 10.1. The molecule has 0 bridgehead atoms. The molecule has 2 aliphatic rings. The number of nitrogens with one attached hydrogen (secondary N) is 1. The average molecular weight is 287 g/mol. The highest BCUT2D eigenvalue weighted by Gasteiger charge is 2.27. The van der Waals surface area contributed by atoms with Crippen molar-refractivity contribution in [3.8, 4) is 0 Å². The fraction of sp³-hybridized carbons (Fsp3) is 0.529.